The maximum absolute atomic E-state index is 10.9. The quantitative estimate of drug-likeness (QED) is 0.793. The summed E-state index contributed by atoms with van der Waals surface area (Å²) in [5.74, 6) is 0.0432. The Morgan fingerprint density at radius 3 is 2.80 bits per heavy atom. The lowest BCUT2D eigenvalue weighted by molar-refractivity contribution is -0.142. The van der Waals surface area contributed by atoms with Crippen LogP contribution in [0.2, 0.25) is 0 Å². The first kappa shape index (κ1) is 14.5. The first-order valence-electron chi connectivity index (χ1n) is 6.86. The molecule has 0 aliphatic carbocycles. The van der Waals surface area contributed by atoms with Crippen LogP contribution in [0.15, 0.2) is 24.3 Å². The molecule has 1 unspecified atom stereocenters. The highest BCUT2D eigenvalue weighted by molar-refractivity contribution is 5.77. The average Bonchev–Trinajstić information content (AvgIpc) is 2.70. The Kier molecular flexibility index (Phi) is 4.09. The van der Waals surface area contributed by atoms with Crippen LogP contribution in [0.5, 0.6) is 0 Å². The van der Waals surface area contributed by atoms with Crippen LogP contribution in [0, 0.1) is 6.92 Å². The predicted molar refractivity (Wildman–Crippen MR) is 78.5 cm³/mol. The first-order valence-corrected chi connectivity index (χ1v) is 6.86. The highest BCUT2D eigenvalue weighted by atomic mass is 16.4. The third-order valence-corrected chi connectivity index (χ3v) is 3.66. The Morgan fingerprint density at radius 1 is 1.40 bits per heavy atom. The second-order valence-corrected chi connectivity index (χ2v) is 5.48. The van der Waals surface area contributed by atoms with Crippen LogP contribution in [-0.4, -0.2) is 26.2 Å². The van der Waals surface area contributed by atoms with E-state index in [-0.39, 0.29) is 0 Å². The molecule has 1 aromatic carbocycles. The predicted octanol–water partition coefficient (Wildman–Crippen LogP) is 2.32. The Balaban J connectivity index is 1.97. The van der Waals surface area contributed by atoms with Gasteiger partial charge in [0.15, 0.2) is 0 Å². The van der Waals surface area contributed by atoms with E-state index in [0.717, 1.165) is 36.2 Å². The van der Waals surface area contributed by atoms with Gasteiger partial charge >= 0.3 is 5.97 Å². The number of carbonyl (C=O) groups is 1. The fraction of sp³-hybridized carbons (Fsp3) is 0.467. The number of imidazole rings is 1. The Labute approximate surface area is 118 Å². The van der Waals surface area contributed by atoms with E-state index in [9.17, 15) is 4.79 Å². The molecule has 5 nitrogen and oxygen atoms in total. The number of carboxylic acids is 1. The number of aryl methyl sites for hydroxylation is 2. The fourth-order valence-corrected chi connectivity index (χ4v) is 2.35. The van der Waals surface area contributed by atoms with Gasteiger partial charge in [-0.2, -0.15) is 0 Å². The number of nitrogens with two attached hydrogens (primary N) is 1. The van der Waals surface area contributed by atoms with Crippen molar-refractivity contribution in [2.24, 2.45) is 5.73 Å². The number of para-hydroxylation sites is 2. The van der Waals surface area contributed by atoms with Crippen LogP contribution in [-0.2, 0) is 11.3 Å². The molecular formula is C15H21N3O2. The van der Waals surface area contributed by atoms with E-state index in [1.54, 1.807) is 6.92 Å². The minimum atomic E-state index is -1.13. The molecule has 0 aliphatic rings. The van der Waals surface area contributed by atoms with Crippen molar-refractivity contribution in [1.82, 2.24) is 9.55 Å². The molecule has 1 heterocycles. The molecule has 108 valence electrons. The summed E-state index contributed by atoms with van der Waals surface area (Å²) in [6, 6.07) is 8.03. The van der Waals surface area contributed by atoms with Gasteiger partial charge in [-0.3, -0.25) is 4.79 Å². The number of nitrogens with zero attached hydrogens (tertiary/aromatic N) is 2. The molecule has 3 N–H and O–H groups in total. The SMILES string of the molecule is Cc1nc2ccccc2n1CCCCC(C)(N)C(=O)O. The number of hydrogen-bond acceptors (Lipinski definition) is 3. The molecule has 0 aliphatic heterocycles. The Bertz CT molecular complexity index is 617. The van der Waals surface area contributed by atoms with Gasteiger partial charge < -0.3 is 15.4 Å². The van der Waals surface area contributed by atoms with Crippen molar-refractivity contribution < 1.29 is 9.90 Å². The summed E-state index contributed by atoms with van der Waals surface area (Å²) in [6.45, 7) is 4.39. The third-order valence-electron chi connectivity index (χ3n) is 3.66. The van der Waals surface area contributed by atoms with Crippen molar-refractivity contribution in [3.63, 3.8) is 0 Å². The fourth-order valence-electron chi connectivity index (χ4n) is 2.35. The van der Waals surface area contributed by atoms with Crippen molar-refractivity contribution >= 4 is 17.0 Å². The number of aromatic nitrogens is 2. The van der Waals surface area contributed by atoms with E-state index in [2.05, 4.69) is 15.6 Å². The molecule has 0 saturated carbocycles. The standard InChI is InChI=1S/C15H21N3O2/c1-11-17-12-7-3-4-8-13(12)18(11)10-6-5-9-15(2,16)14(19)20/h3-4,7-8H,5-6,9-10,16H2,1-2H3,(H,19,20). The van der Waals surface area contributed by atoms with Crippen molar-refractivity contribution in [1.29, 1.82) is 0 Å². The molecule has 5 heteroatoms. The lowest BCUT2D eigenvalue weighted by atomic mass is 9.96. The Hall–Kier alpha value is -1.88. The van der Waals surface area contributed by atoms with Crippen LogP contribution >= 0.6 is 0 Å². The molecular weight excluding hydrogens is 254 g/mol. The largest absolute Gasteiger partial charge is 0.480 e. The van der Waals surface area contributed by atoms with Crippen molar-refractivity contribution in [3.05, 3.63) is 30.1 Å². The summed E-state index contributed by atoms with van der Waals surface area (Å²) < 4.78 is 2.17. The summed E-state index contributed by atoms with van der Waals surface area (Å²) in [5, 5.41) is 8.97. The minimum absolute atomic E-state index is 0.480. The summed E-state index contributed by atoms with van der Waals surface area (Å²) in [6.07, 6.45) is 2.15. The lowest BCUT2D eigenvalue weighted by Gasteiger charge is -2.18. The molecule has 0 radical (unpaired) electrons. The van der Waals surface area contributed by atoms with E-state index in [1.807, 2.05) is 25.1 Å². The van der Waals surface area contributed by atoms with E-state index in [4.69, 9.17) is 10.8 Å². The van der Waals surface area contributed by atoms with Gasteiger partial charge in [-0.15, -0.1) is 0 Å². The third kappa shape index (κ3) is 2.99. The molecule has 0 fully saturated rings. The number of carboxylic acid groups (broad SMARTS) is 1. The van der Waals surface area contributed by atoms with E-state index >= 15 is 0 Å². The lowest BCUT2D eigenvalue weighted by Crippen LogP contribution is -2.44. The maximum Gasteiger partial charge on any atom is 0.323 e. The zero-order chi connectivity index (χ0) is 14.8. The normalized spacial score (nSPS) is 14.3. The molecule has 2 rings (SSSR count). The van der Waals surface area contributed by atoms with Crippen LogP contribution < -0.4 is 5.73 Å². The van der Waals surface area contributed by atoms with Crippen LogP contribution in [0.1, 0.15) is 32.0 Å². The van der Waals surface area contributed by atoms with Crippen molar-refractivity contribution in [2.75, 3.05) is 0 Å². The van der Waals surface area contributed by atoms with Crippen LogP contribution in [0.4, 0.5) is 0 Å². The molecule has 20 heavy (non-hydrogen) atoms. The summed E-state index contributed by atoms with van der Waals surface area (Å²) in [7, 11) is 0. The van der Waals surface area contributed by atoms with Gasteiger partial charge in [-0.25, -0.2) is 4.98 Å². The maximum atomic E-state index is 10.9. The van der Waals surface area contributed by atoms with Crippen molar-refractivity contribution in [3.8, 4) is 0 Å². The van der Waals surface area contributed by atoms with Gasteiger partial charge in [0.25, 0.3) is 0 Å². The monoisotopic (exact) mass is 275 g/mol. The average molecular weight is 275 g/mol. The number of fused-ring (bicyclic) bond motifs is 1. The number of aliphatic carboxylic acids is 1. The number of hydrogen-bond donors (Lipinski definition) is 2. The second-order valence-electron chi connectivity index (χ2n) is 5.48. The van der Waals surface area contributed by atoms with Gasteiger partial charge in [0.1, 0.15) is 11.4 Å². The summed E-state index contributed by atoms with van der Waals surface area (Å²) >= 11 is 0. The van der Waals surface area contributed by atoms with Crippen LogP contribution in [0.3, 0.4) is 0 Å². The highest BCUT2D eigenvalue weighted by Crippen LogP contribution is 2.17. The summed E-state index contributed by atoms with van der Waals surface area (Å²) in [5.41, 5.74) is 6.71. The molecule has 0 saturated heterocycles. The molecule has 1 aromatic heterocycles. The van der Waals surface area contributed by atoms with Gasteiger partial charge in [-0.05, 0) is 45.2 Å². The zero-order valence-electron chi connectivity index (χ0n) is 12.0. The number of benzene rings is 1. The highest BCUT2D eigenvalue weighted by Gasteiger charge is 2.26. The number of unbranched alkanes of at least 4 members (excludes halogenated alkanes) is 1. The van der Waals surface area contributed by atoms with Gasteiger partial charge in [0.05, 0.1) is 11.0 Å². The zero-order valence-corrected chi connectivity index (χ0v) is 12.0. The van der Waals surface area contributed by atoms with Gasteiger partial charge in [0.2, 0.25) is 0 Å². The second kappa shape index (κ2) is 5.63. The topological polar surface area (TPSA) is 81.1 Å². The van der Waals surface area contributed by atoms with Crippen LogP contribution in [0.25, 0.3) is 11.0 Å². The Morgan fingerprint density at radius 2 is 2.10 bits per heavy atom. The molecule has 1 atom stereocenters. The number of rotatable bonds is 6. The summed E-state index contributed by atoms with van der Waals surface area (Å²) in [4.78, 5) is 15.4. The van der Waals surface area contributed by atoms with Crippen molar-refractivity contribution in [2.45, 2.75) is 45.2 Å². The molecule has 0 amide bonds. The van der Waals surface area contributed by atoms with E-state index < -0.39 is 11.5 Å². The van der Waals surface area contributed by atoms with Gasteiger partial charge in [0, 0.05) is 6.54 Å². The molecule has 2 aromatic rings. The van der Waals surface area contributed by atoms with E-state index in [1.165, 1.54) is 0 Å². The van der Waals surface area contributed by atoms with E-state index in [0.29, 0.717) is 6.42 Å². The molecule has 0 bridgehead atoms. The minimum Gasteiger partial charge on any atom is -0.480 e. The first-order chi connectivity index (χ1) is 9.42. The van der Waals surface area contributed by atoms with Gasteiger partial charge in [-0.1, -0.05) is 12.1 Å². The smallest absolute Gasteiger partial charge is 0.323 e. The molecule has 0 spiro atoms.